The van der Waals surface area contributed by atoms with E-state index in [1.54, 1.807) is 19.9 Å². The lowest BCUT2D eigenvalue weighted by Crippen LogP contribution is -2.39. The smallest absolute Gasteiger partial charge is 0.399 e. The predicted molar refractivity (Wildman–Crippen MR) is 164 cm³/mol. The number of anilines is 1. The Morgan fingerprint density at radius 3 is 2.23 bits per heavy atom. The number of aromatic nitrogens is 1. The number of alkyl halides is 3. The fourth-order valence-electron chi connectivity index (χ4n) is 3.74. The lowest BCUT2D eigenvalue weighted by Gasteiger charge is -2.20. The number of benzene rings is 2. The van der Waals surface area contributed by atoms with Crippen LogP contribution in [0.4, 0.5) is 18.9 Å². The van der Waals surface area contributed by atoms with E-state index in [2.05, 4.69) is 21.7 Å². The second kappa shape index (κ2) is 18.4. The maximum Gasteiger partial charge on any atom is 0.417 e. The summed E-state index contributed by atoms with van der Waals surface area (Å²) in [6, 6.07) is 19.4. The Bertz CT molecular complexity index is 1310. The summed E-state index contributed by atoms with van der Waals surface area (Å²) in [6.07, 6.45) is 3.97. The number of nitrogens with one attached hydrogen (secondary N) is 2. The zero-order valence-corrected chi connectivity index (χ0v) is 24.6. The molecular formula is C33H39F3N4O3. The van der Waals surface area contributed by atoms with Gasteiger partial charge in [0.05, 0.1) is 24.8 Å². The standard InChI is InChI=1S/C20H26N2O3.C7H6F3N.C6H7N/c1-15(23)5-6-17-7-9-18(10-8-17)20(16(2)24)22-12-11-21-19-4-3-13-25-14-19;1-5-2-3-6(4-11-5)7(8,9)10;7-6-4-2-1-3-5-6/h3-10,19-22H,11-14H2,1-2H3;2-4H,1H3;1-5H,7H2/b6-5+;;. The number of ketones is 2. The first-order valence-electron chi connectivity index (χ1n) is 13.8. The average molecular weight is 597 g/mol. The van der Waals surface area contributed by atoms with Crippen molar-refractivity contribution < 1.29 is 27.5 Å². The predicted octanol–water partition coefficient (Wildman–Crippen LogP) is 5.73. The molecule has 3 aromatic rings. The first-order valence-corrected chi connectivity index (χ1v) is 13.8. The van der Waals surface area contributed by atoms with Crippen molar-refractivity contribution in [3.8, 4) is 0 Å². The van der Waals surface area contributed by atoms with Crippen LogP contribution < -0.4 is 16.4 Å². The van der Waals surface area contributed by atoms with E-state index in [1.165, 1.54) is 19.1 Å². The van der Waals surface area contributed by atoms with Gasteiger partial charge in [0.25, 0.3) is 0 Å². The van der Waals surface area contributed by atoms with E-state index < -0.39 is 11.7 Å². The highest BCUT2D eigenvalue weighted by Gasteiger charge is 2.30. The molecule has 1 aliphatic rings. The molecule has 10 heteroatoms. The van der Waals surface area contributed by atoms with E-state index in [-0.39, 0.29) is 23.7 Å². The van der Waals surface area contributed by atoms with Gasteiger partial charge in [-0.2, -0.15) is 13.2 Å². The van der Waals surface area contributed by atoms with Gasteiger partial charge in [-0.3, -0.25) is 14.6 Å². The van der Waals surface area contributed by atoms with Gasteiger partial charge in [0.2, 0.25) is 0 Å². The van der Waals surface area contributed by atoms with Crippen molar-refractivity contribution in [3.63, 3.8) is 0 Å². The molecule has 0 spiro atoms. The van der Waals surface area contributed by atoms with Crippen molar-refractivity contribution >= 4 is 23.3 Å². The minimum Gasteiger partial charge on any atom is -0.399 e. The number of Topliss-reactive ketones (excluding diaryl/α,β-unsaturated/α-hetero) is 1. The van der Waals surface area contributed by atoms with Crippen LogP contribution >= 0.6 is 0 Å². The summed E-state index contributed by atoms with van der Waals surface area (Å²) in [5, 5.41) is 6.67. The van der Waals surface area contributed by atoms with Gasteiger partial charge in [0.15, 0.2) is 11.6 Å². The number of nitrogens with zero attached hydrogens (tertiary/aromatic N) is 1. The largest absolute Gasteiger partial charge is 0.417 e. The van der Waals surface area contributed by atoms with Crippen molar-refractivity contribution in [3.05, 3.63) is 114 Å². The van der Waals surface area contributed by atoms with E-state index in [9.17, 15) is 22.8 Å². The van der Waals surface area contributed by atoms with Crippen LogP contribution in [-0.2, 0) is 20.5 Å². The number of hydrogen-bond acceptors (Lipinski definition) is 7. The molecule has 0 bridgehead atoms. The van der Waals surface area contributed by atoms with Gasteiger partial charge in [-0.25, -0.2) is 0 Å². The molecule has 2 unspecified atom stereocenters. The molecule has 43 heavy (non-hydrogen) atoms. The molecule has 1 aromatic heterocycles. The number of pyridine rings is 1. The average Bonchev–Trinajstić information content (AvgIpc) is 2.98. The number of allylic oxidation sites excluding steroid dienone is 1. The molecule has 0 amide bonds. The molecule has 1 aliphatic heterocycles. The Balaban J connectivity index is 0.000000291. The SMILES string of the molecule is CC(=O)/C=C/c1ccc(C(NCCNC2C=CCOC2)C(C)=O)cc1.Cc1ccc(C(F)(F)F)cn1.Nc1ccccc1. The van der Waals surface area contributed by atoms with Crippen LogP contribution in [-0.4, -0.2) is 48.9 Å². The maximum absolute atomic E-state index is 12.0. The molecule has 0 saturated heterocycles. The highest BCUT2D eigenvalue weighted by molar-refractivity contribution is 5.91. The van der Waals surface area contributed by atoms with Crippen LogP contribution in [0, 0.1) is 6.92 Å². The van der Waals surface area contributed by atoms with Crippen molar-refractivity contribution in [1.29, 1.82) is 0 Å². The van der Waals surface area contributed by atoms with Crippen LogP contribution in [0.2, 0.25) is 0 Å². The molecule has 0 fully saturated rings. The summed E-state index contributed by atoms with van der Waals surface area (Å²) in [5.41, 5.74) is 7.92. The lowest BCUT2D eigenvalue weighted by atomic mass is 10.0. The normalized spacial score (nSPS) is 15.1. The Kier molecular flexibility index (Phi) is 15.0. The monoisotopic (exact) mass is 596 g/mol. The topological polar surface area (TPSA) is 106 Å². The fourth-order valence-corrected chi connectivity index (χ4v) is 3.74. The van der Waals surface area contributed by atoms with Crippen molar-refractivity contribution in [1.82, 2.24) is 15.6 Å². The van der Waals surface area contributed by atoms with Crippen LogP contribution in [0.5, 0.6) is 0 Å². The van der Waals surface area contributed by atoms with Gasteiger partial charge < -0.3 is 21.1 Å². The molecule has 4 N–H and O–H groups in total. The van der Waals surface area contributed by atoms with Crippen molar-refractivity contribution in [2.24, 2.45) is 0 Å². The Labute approximate surface area is 251 Å². The first kappa shape index (κ1) is 35.1. The second-order valence-corrected chi connectivity index (χ2v) is 9.73. The van der Waals surface area contributed by atoms with E-state index in [0.717, 1.165) is 35.6 Å². The van der Waals surface area contributed by atoms with Gasteiger partial charge in [-0.15, -0.1) is 0 Å². The van der Waals surface area contributed by atoms with E-state index >= 15 is 0 Å². The summed E-state index contributed by atoms with van der Waals surface area (Å²) in [4.78, 5) is 26.5. The zero-order chi connectivity index (χ0) is 31.7. The second-order valence-electron chi connectivity index (χ2n) is 9.73. The molecule has 2 atom stereocenters. The third-order valence-corrected chi connectivity index (χ3v) is 5.98. The molecule has 0 saturated carbocycles. The highest BCUT2D eigenvalue weighted by atomic mass is 19.4. The lowest BCUT2D eigenvalue weighted by molar-refractivity contribution is -0.137. The van der Waals surface area contributed by atoms with E-state index in [4.69, 9.17) is 10.5 Å². The van der Waals surface area contributed by atoms with Gasteiger partial charge in [0, 0.05) is 36.7 Å². The third-order valence-electron chi connectivity index (χ3n) is 5.98. The van der Waals surface area contributed by atoms with Crippen molar-refractivity contribution in [2.45, 2.75) is 39.0 Å². The quantitative estimate of drug-likeness (QED) is 0.125. The summed E-state index contributed by atoms with van der Waals surface area (Å²) < 4.78 is 41.0. The molecule has 2 aromatic carbocycles. The summed E-state index contributed by atoms with van der Waals surface area (Å²) >= 11 is 0. The first-order chi connectivity index (χ1) is 20.5. The van der Waals surface area contributed by atoms with Crippen molar-refractivity contribution in [2.75, 3.05) is 32.0 Å². The Hall–Kier alpha value is -4.12. The van der Waals surface area contributed by atoms with E-state index in [1.807, 2.05) is 60.7 Å². The van der Waals surface area contributed by atoms with Crippen LogP contribution in [0.1, 0.15) is 42.3 Å². The minimum absolute atomic E-state index is 0.0121. The number of para-hydroxylation sites is 1. The number of aryl methyl sites for hydroxylation is 1. The molecule has 4 rings (SSSR count). The van der Waals surface area contributed by atoms with Gasteiger partial charge in [-0.1, -0.05) is 60.7 Å². The van der Waals surface area contributed by atoms with Gasteiger partial charge >= 0.3 is 6.18 Å². The fraction of sp³-hybridized carbons (Fsp3) is 0.303. The maximum atomic E-state index is 12.0. The summed E-state index contributed by atoms with van der Waals surface area (Å²) in [5.74, 6) is 0.0889. The van der Waals surface area contributed by atoms with E-state index in [0.29, 0.717) is 25.5 Å². The number of carbonyl (C=O) groups is 2. The summed E-state index contributed by atoms with van der Waals surface area (Å²) in [6.45, 7) is 7.54. The Morgan fingerprint density at radius 2 is 1.74 bits per heavy atom. The number of halogens is 3. The molecular weight excluding hydrogens is 557 g/mol. The number of rotatable bonds is 9. The van der Waals surface area contributed by atoms with Gasteiger partial charge in [0.1, 0.15) is 0 Å². The number of carbonyl (C=O) groups excluding carboxylic acids is 2. The molecule has 0 radical (unpaired) electrons. The number of nitrogens with two attached hydrogens (primary N) is 1. The molecule has 0 aliphatic carbocycles. The zero-order valence-electron chi connectivity index (χ0n) is 24.6. The minimum atomic E-state index is -4.28. The summed E-state index contributed by atoms with van der Waals surface area (Å²) in [7, 11) is 0. The van der Waals surface area contributed by atoms with Gasteiger partial charge in [-0.05, 0) is 62.2 Å². The molecule has 7 nitrogen and oxygen atoms in total. The highest BCUT2D eigenvalue weighted by Crippen LogP contribution is 2.28. The molecule has 2 heterocycles. The van der Waals surface area contributed by atoms with Crippen LogP contribution in [0.15, 0.2) is 91.2 Å². The number of ether oxygens (including phenoxy) is 1. The van der Waals surface area contributed by atoms with Crippen LogP contribution in [0.3, 0.4) is 0 Å². The third kappa shape index (κ3) is 14.6. The number of nitrogen functional groups attached to an aromatic ring is 1. The van der Waals surface area contributed by atoms with Crippen LogP contribution in [0.25, 0.3) is 6.08 Å². The number of hydrogen-bond donors (Lipinski definition) is 3. The Morgan fingerprint density at radius 1 is 1.05 bits per heavy atom. The molecule has 230 valence electrons.